The molecule has 1 saturated carbocycles. The molecule has 0 spiro atoms. The van der Waals surface area contributed by atoms with E-state index in [1.807, 2.05) is 24.3 Å². The second-order valence-electron chi connectivity index (χ2n) is 6.81. The predicted octanol–water partition coefficient (Wildman–Crippen LogP) is 3.58. The number of likely N-dealkylation sites (N-methyl/N-ethyl adjacent to an activating group) is 1. The van der Waals surface area contributed by atoms with Gasteiger partial charge >= 0.3 is 0 Å². The summed E-state index contributed by atoms with van der Waals surface area (Å²) in [6.07, 6.45) is 3.52. The number of nitrogens with one attached hydrogen (secondary N) is 2. The maximum absolute atomic E-state index is 5.77. The Morgan fingerprint density at radius 2 is 2.11 bits per heavy atom. The lowest BCUT2D eigenvalue weighted by atomic mass is 10.3. The average Bonchev–Trinajstić information content (AvgIpc) is 3.48. The fraction of sp³-hybridized carbons (Fsp3) is 0.650. The first-order valence-corrected chi connectivity index (χ1v) is 9.63. The summed E-state index contributed by atoms with van der Waals surface area (Å²) in [5, 5.41) is 6.69. The molecule has 0 radical (unpaired) electrons. The summed E-state index contributed by atoms with van der Waals surface area (Å²) in [6, 6.07) is 9.17. The van der Waals surface area contributed by atoms with Crippen LogP contribution in [-0.2, 0) is 4.74 Å². The molecule has 1 aromatic rings. The van der Waals surface area contributed by atoms with E-state index in [0.717, 1.165) is 42.9 Å². The lowest BCUT2D eigenvalue weighted by Crippen LogP contribution is -2.36. The largest absolute Gasteiger partial charge is 0.493 e. The average molecular weight is 490 g/mol. The topological polar surface area (TPSA) is 58.1 Å². The first-order chi connectivity index (χ1) is 12.6. The van der Waals surface area contributed by atoms with Gasteiger partial charge in [-0.25, -0.2) is 0 Å². The molecule has 7 heteroatoms. The molecule has 0 heterocycles. The van der Waals surface area contributed by atoms with E-state index in [4.69, 9.17) is 14.5 Å². The molecule has 0 amide bonds. The Morgan fingerprint density at radius 1 is 1.33 bits per heavy atom. The summed E-state index contributed by atoms with van der Waals surface area (Å²) in [4.78, 5) is 7.18. The maximum atomic E-state index is 5.77. The van der Waals surface area contributed by atoms with Gasteiger partial charge in [0.25, 0.3) is 0 Å². The third kappa shape index (κ3) is 9.12. The number of guanidine groups is 1. The van der Waals surface area contributed by atoms with Crippen LogP contribution >= 0.6 is 24.0 Å². The van der Waals surface area contributed by atoms with E-state index in [1.54, 1.807) is 7.11 Å². The van der Waals surface area contributed by atoms with Crippen molar-refractivity contribution in [1.82, 2.24) is 10.2 Å². The quantitative estimate of drug-likeness (QED) is 0.215. The van der Waals surface area contributed by atoms with Crippen molar-refractivity contribution < 1.29 is 9.47 Å². The van der Waals surface area contributed by atoms with Crippen molar-refractivity contribution in [1.29, 1.82) is 0 Å². The van der Waals surface area contributed by atoms with Crippen molar-refractivity contribution >= 4 is 35.6 Å². The number of benzene rings is 1. The molecule has 1 atom stereocenters. The van der Waals surface area contributed by atoms with Gasteiger partial charge in [0.2, 0.25) is 0 Å². The number of aliphatic imine (C=N–C) groups is 1. The van der Waals surface area contributed by atoms with E-state index in [2.05, 4.69) is 36.4 Å². The Labute approximate surface area is 181 Å². The van der Waals surface area contributed by atoms with Crippen LogP contribution in [0.1, 0.15) is 33.1 Å². The highest BCUT2D eigenvalue weighted by atomic mass is 127. The minimum atomic E-state index is 0. The summed E-state index contributed by atoms with van der Waals surface area (Å²) in [6.45, 7) is 7.27. The summed E-state index contributed by atoms with van der Waals surface area (Å²) in [5.74, 6) is 1.66. The molecule has 6 nitrogen and oxygen atoms in total. The van der Waals surface area contributed by atoms with Crippen LogP contribution < -0.4 is 15.4 Å². The lowest BCUT2D eigenvalue weighted by Gasteiger charge is -2.23. The highest BCUT2D eigenvalue weighted by molar-refractivity contribution is 14.0. The number of hydrogen-bond acceptors (Lipinski definition) is 4. The molecular formula is C20H35IN4O2. The molecule has 1 aliphatic rings. The minimum Gasteiger partial charge on any atom is -0.493 e. The van der Waals surface area contributed by atoms with Crippen LogP contribution in [-0.4, -0.2) is 63.4 Å². The molecule has 27 heavy (non-hydrogen) atoms. The van der Waals surface area contributed by atoms with Crippen molar-refractivity contribution in [2.75, 3.05) is 45.8 Å². The van der Waals surface area contributed by atoms with Gasteiger partial charge in [-0.2, -0.15) is 0 Å². The zero-order valence-corrected chi connectivity index (χ0v) is 19.4. The van der Waals surface area contributed by atoms with E-state index in [-0.39, 0.29) is 24.0 Å². The van der Waals surface area contributed by atoms with E-state index >= 15 is 0 Å². The van der Waals surface area contributed by atoms with Crippen LogP contribution in [0.4, 0.5) is 5.69 Å². The number of rotatable bonds is 11. The summed E-state index contributed by atoms with van der Waals surface area (Å²) in [7, 11) is 3.90. The Hall–Kier alpha value is -1.06. The van der Waals surface area contributed by atoms with E-state index in [9.17, 15) is 0 Å². The van der Waals surface area contributed by atoms with Crippen LogP contribution in [0.3, 0.4) is 0 Å². The van der Waals surface area contributed by atoms with Crippen molar-refractivity contribution in [2.45, 2.75) is 45.2 Å². The Morgan fingerprint density at radius 3 is 2.78 bits per heavy atom. The molecule has 1 fully saturated rings. The zero-order valence-electron chi connectivity index (χ0n) is 17.0. The third-order valence-electron chi connectivity index (χ3n) is 4.53. The van der Waals surface area contributed by atoms with Crippen LogP contribution in [0.5, 0.6) is 5.75 Å². The predicted molar refractivity (Wildman–Crippen MR) is 124 cm³/mol. The molecule has 0 saturated heterocycles. The van der Waals surface area contributed by atoms with Gasteiger partial charge < -0.3 is 20.1 Å². The highest BCUT2D eigenvalue weighted by Gasteiger charge is 2.28. The third-order valence-corrected chi connectivity index (χ3v) is 4.53. The number of nitrogens with zero attached hydrogens (tertiary/aromatic N) is 2. The van der Waals surface area contributed by atoms with Crippen molar-refractivity contribution in [2.24, 2.45) is 4.99 Å². The van der Waals surface area contributed by atoms with Gasteiger partial charge in [-0.3, -0.25) is 9.89 Å². The number of anilines is 1. The molecule has 0 bridgehead atoms. The second-order valence-corrected chi connectivity index (χ2v) is 6.81. The van der Waals surface area contributed by atoms with Crippen LogP contribution in [0.25, 0.3) is 0 Å². The van der Waals surface area contributed by atoms with Crippen LogP contribution in [0.15, 0.2) is 29.3 Å². The molecule has 154 valence electrons. The molecule has 1 unspecified atom stereocenters. The van der Waals surface area contributed by atoms with E-state index < -0.39 is 0 Å². The van der Waals surface area contributed by atoms with Crippen molar-refractivity contribution in [3.63, 3.8) is 0 Å². The molecular weight excluding hydrogens is 455 g/mol. The Kier molecular flexibility index (Phi) is 11.7. The molecule has 0 aliphatic heterocycles. The second kappa shape index (κ2) is 13.2. The van der Waals surface area contributed by atoms with Gasteiger partial charge in [0.15, 0.2) is 5.96 Å². The van der Waals surface area contributed by atoms with Crippen molar-refractivity contribution in [3.05, 3.63) is 24.3 Å². The fourth-order valence-corrected chi connectivity index (χ4v) is 2.69. The van der Waals surface area contributed by atoms with Gasteiger partial charge in [0, 0.05) is 50.5 Å². The molecule has 0 aromatic heterocycles. The number of ether oxygens (including phenoxy) is 2. The van der Waals surface area contributed by atoms with Gasteiger partial charge in [-0.15, -0.1) is 24.0 Å². The highest BCUT2D eigenvalue weighted by Crippen LogP contribution is 2.26. The SMILES string of the molecule is CCNC(=NCC(C)N(C)C1CC1)Nc1cccc(OCCCOC)c1.I. The Balaban J connectivity index is 0.00000364. The molecule has 1 aliphatic carbocycles. The molecule has 2 N–H and O–H groups in total. The molecule has 1 aromatic carbocycles. The number of hydrogen-bond donors (Lipinski definition) is 2. The fourth-order valence-electron chi connectivity index (χ4n) is 2.69. The lowest BCUT2D eigenvalue weighted by molar-refractivity contribution is 0.172. The van der Waals surface area contributed by atoms with Crippen LogP contribution in [0.2, 0.25) is 0 Å². The first kappa shape index (κ1) is 24.0. The van der Waals surface area contributed by atoms with Gasteiger partial charge in [-0.1, -0.05) is 6.07 Å². The maximum Gasteiger partial charge on any atom is 0.195 e. The standard InChI is InChI=1S/C20H34N4O2.HI/c1-5-21-20(22-15-16(2)24(3)18-10-11-18)23-17-8-6-9-19(14-17)26-13-7-12-25-4;/h6,8-9,14,16,18H,5,7,10-13,15H2,1-4H3,(H2,21,22,23);1H. The van der Waals surface area contributed by atoms with E-state index in [0.29, 0.717) is 19.3 Å². The summed E-state index contributed by atoms with van der Waals surface area (Å²) < 4.78 is 10.8. The van der Waals surface area contributed by atoms with Gasteiger partial charge in [0.1, 0.15) is 5.75 Å². The normalized spacial score (nSPS) is 15.2. The van der Waals surface area contributed by atoms with E-state index in [1.165, 1.54) is 12.8 Å². The smallest absolute Gasteiger partial charge is 0.195 e. The van der Waals surface area contributed by atoms with Gasteiger partial charge in [0.05, 0.1) is 13.2 Å². The molecule has 2 rings (SSSR count). The van der Waals surface area contributed by atoms with Crippen molar-refractivity contribution in [3.8, 4) is 5.75 Å². The monoisotopic (exact) mass is 490 g/mol. The number of halogens is 1. The first-order valence-electron chi connectivity index (χ1n) is 9.63. The summed E-state index contributed by atoms with van der Waals surface area (Å²) >= 11 is 0. The minimum absolute atomic E-state index is 0. The zero-order chi connectivity index (χ0) is 18.8. The summed E-state index contributed by atoms with van der Waals surface area (Å²) in [5.41, 5.74) is 0.970. The van der Waals surface area contributed by atoms with Gasteiger partial charge in [-0.05, 0) is 45.9 Å². The number of methoxy groups -OCH3 is 1. The Bertz CT molecular complexity index is 567. The van der Waals surface area contributed by atoms with Crippen LogP contribution in [0, 0.1) is 0 Å².